The van der Waals surface area contributed by atoms with Crippen molar-refractivity contribution in [3.63, 3.8) is 0 Å². The summed E-state index contributed by atoms with van der Waals surface area (Å²) in [7, 11) is 1.23. The van der Waals surface area contributed by atoms with Crippen LogP contribution in [0.25, 0.3) is 16.8 Å². The van der Waals surface area contributed by atoms with Gasteiger partial charge in [-0.1, -0.05) is 59.6 Å². The van der Waals surface area contributed by atoms with E-state index < -0.39 is 17.9 Å². The fourth-order valence-electron chi connectivity index (χ4n) is 4.03. The van der Waals surface area contributed by atoms with Crippen molar-refractivity contribution in [1.29, 1.82) is 0 Å². The second kappa shape index (κ2) is 10.6. The zero-order chi connectivity index (χ0) is 26.8. The summed E-state index contributed by atoms with van der Waals surface area (Å²) in [6.45, 7) is 0.0497. The molecular weight excluding hydrogens is 531 g/mol. The predicted molar refractivity (Wildman–Crippen MR) is 142 cm³/mol. The van der Waals surface area contributed by atoms with Crippen molar-refractivity contribution in [3.05, 3.63) is 105 Å². The summed E-state index contributed by atoms with van der Waals surface area (Å²) in [6, 6.07) is 18.9. The van der Waals surface area contributed by atoms with Gasteiger partial charge in [-0.3, -0.25) is 9.69 Å². The minimum absolute atomic E-state index is 0.0233. The number of rotatable bonds is 7. The molecule has 192 valence electrons. The first-order chi connectivity index (χ1) is 18.3. The van der Waals surface area contributed by atoms with Gasteiger partial charge < -0.3 is 19.2 Å². The van der Waals surface area contributed by atoms with E-state index in [1.54, 1.807) is 18.2 Å². The molecule has 0 radical (unpaired) electrons. The fourth-order valence-corrected chi connectivity index (χ4v) is 4.35. The Hall–Kier alpha value is -4.27. The van der Waals surface area contributed by atoms with Crippen LogP contribution >= 0.6 is 23.2 Å². The lowest BCUT2D eigenvalue weighted by atomic mass is 10.0. The van der Waals surface area contributed by atoms with E-state index in [1.807, 2.05) is 42.5 Å². The molecule has 3 aromatic carbocycles. The molecule has 3 amide bonds. The first-order valence-electron chi connectivity index (χ1n) is 11.4. The lowest BCUT2D eigenvalue weighted by Crippen LogP contribution is -2.30. The first kappa shape index (κ1) is 25.4. The minimum atomic E-state index is -0.654. The number of nitrogens with one attached hydrogen (secondary N) is 1. The number of imide groups is 1. The smallest absolute Gasteiger partial charge is 0.373 e. The Morgan fingerprint density at radius 3 is 2.63 bits per heavy atom. The standard InChI is InChI=1S/C28H20Cl2N2O6/c1-36-27(34)25-11-8-18(38-25)14-32-26(33)23(31-28(32)35)13-20-19-5-3-2-4-17(19)7-10-24(20)37-15-16-6-9-21(29)22(30)12-16/h2-13H,14-15H2,1H3,(H,31,35)/b23-13-. The number of furan rings is 1. The number of esters is 1. The Labute approximate surface area is 227 Å². The third kappa shape index (κ3) is 5.09. The highest BCUT2D eigenvalue weighted by Gasteiger charge is 2.34. The Balaban J connectivity index is 1.44. The van der Waals surface area contributed by atoms with Gasteiger partial charge in [0, 0.05) is 5.56 Å². The second-order valence-corrected chi connectivity index (χ2v) is 9.19. The van der Waals surface area contributed by atoms with Gasteiger partial charge in [-0.05, 0) is 52.7 Å². The summed E-state index contributed by atoms with van der Waals surface area (Å²) < 4.78 is 16.1. The highest BCUT2D eigenvalue weighted by Crippen LogP contribution is 2.32. The van der Waals surface area contributed by atoms with E-state index in [0.717, 1.165) is 21.2 Å². The molecule has 0 bridgehead atoms. The van der Waals surface area contributed by atoms with E-state index in [9.17, 15) is 14.4 Å². The summed E-state index contributed by atoms with van der Waals surface area (Å²) in [5.41, 5.74) is 1.51. The average molecular weight is 551 g/mol. The van der Waals surface area contributed by atoms with Crippen LogP contribution in [0.1, 0.15) is 27.4 Å². The van der Waals surface area contributed by atoms with Crippen molar-refractivity contribution in [1.82, 2.24) is 10.2 Å². The van der Waals surface area contributed by atoms with Crippen molar-refractivity contribution in [2.75, 3.05) is 7.11 Å². The number of fused-ring (bicyclic) bond motifs is 1. The zero-order valence-electron chi connectivity index (χ0n) is 20.0. The van der Waals surface area contributed by atoms with Crippen LogP contribution in [0, 0.1) is 0 Å². The molecule has 4 aromatic rings. The molecule has 0 saturated carbocycles. The topological polar surface area (TPSA) is 98.1 Å². The van der Waals surface area contributed by atoms with Crippen molar-refractivity contribution in [2.24, 2.45) is 0 Å². The molecule has 1 fully saturated rings. The van der Waals surface area contributed by atoms with Crippen LogP contribution in [-0.2, 0) is 22.7 Å². The van der Waals surface area contributed by atoms with Crippen LogP contribution in [0.5, 0.6) is 5.75 Å². The molecular formula is C28H20Cl2N2O6. The maximum Gasteiger partial charge on any atom is 0.373 e. The Morgan fingerprint density at radius 1 is 1.03 bits per heavy atom. The van der Waals surface area contributed by atoms with Gasteiger partial charge in [0.25, 0.3) is 5.91 Å². The summed E-state index contributed by atoms with van der Waals surface area (Å²) in [6.07, 6.45) is 1.59. The number of urea groups is 1. The number of ether oxygens (including phenoxy) is 2. The summed E-state index contributed by atoms with van der Waals surface area (Å²) in [5, 5.41) is 5.25. The number of methoxy groups -OCH3 is 1. The number of carbonyl (C=O) groups is 3. The average Bonchev–Trinajstić information content (AvgIpc) is 3.50. The molecule has 0 aliphatic carbocycles. The number of amides is 3. The van der Waals surface area contributed by atoms with E-state index in [4.69, 9.17) is 32.4 Å². The van der Waals surface area contributed by atoms with Gasteiger partial charge in [0.2, 0.25) is 5.76 Å². The SMILES string of the molecule is COC(=O)c1ccc(CN2C(=O)N/C(=C\c3c(OCc4ccc(Cl)c(Cl)c4)ccc4ccccc34)C2=O)o1. The summed E-state index contributed by atoms with van der Waals surface area (Å²) in [4.78, 5) is 38.5. The number of hydrogen-bond donors (Lipinski definition) is 1. The molecule has 1 aliphatic rings. The van der Waals surface area contributed by atoms with Crippen LogP contribution in [0.4, 0.5) is 4.79 Å². The maximum atomic E-state index is 13.2. The third-order valence-corrected chi connectivity index (χ3v) is 6.66. The molecule has 0 atom stereocenters. The number of halogens is 2. The molecule has 1 aromatic heterocycles. The highest BCUT2D eigenvalue weighted by atomic mass is 35.5. The van der Waals surface area contributed by atoms with Gasteiger partial charge >= 0.3 is 12.0 Å². The van der Waals surface area contributed by atoms with Crippen molar-refractivity contribution >= 4 is 58.0 Å². The molecule has 8 nitrogen and oxygen atoms in total. The van der Waals surface area contributed by atoms with Crippen LogP contribution in [0.3, 0.4) is 0 Å². The summed E-state index contributed by atoms with van der Waals surface area (Å²) >= 11 is 12.2. The van der Waals surface area contributed by atoms with Crippen molar-refractivity contribution in [2.45, 2.75) is 13.2 Å². The van der Waals surface area contributed by atoms with E-state index >= 15 is 0 Å². The van der Waals surface area contributed by atoms with Gasteiger partial charge in [-0.25, -0.2) is 9.59 Å². The normalized spacial score (nSPS) is 14.3. The zero-order valence-corrected chi connectivity index (χ0v) is 21.5. The van der Waals surface area contributed by atoms with Crippen LogP contribution in [-0.4, -0.2) is 29.9 Å². The van der Waals surface area contributed by atoms with Gasteiger partial charge in [0.15, 0.2) is 0 Å². The van der Waals surface area contributed by atoms with E-state index in [-0.39, 0.29) is 30.4 Å². The molecule has 1 aliphatic heterocycles. The maximum absolute atomic E-state index is 13.2. The molecule has 38 heavy (non-hydrogen) atoms. The van der Waals surface area contributed by atoms with Gasteiger partial charge in [0.1, 0.15) is 23.8 Å². The Bertz CT molecular complexity index is 1610. The van der Waals surface area contributed by atoms with E-state index in [2.05, 4.69) is 10.1 Å². The Morgan fingerprint density at radius 2 is 1.84 bits per heavy atom. The lowest BCUT2D eigenvalue weighted by molar-refractivity contribution is -0.123. The van der Waals surface area contributed by atoms with Gasteiger partial charge in [0.05, 0.1) is 23.7 Å². The van der Waals surface area contributed by atoms with Gasteiger partial charge in [-0.15, -0.1) is 0 Å². The van der Waals surface area contributed by atoms with E-state index in [1.165, 1.54) is 19.2 Å². The molecule has 0 spiro atoms. The minimum Gasteiger partial charge on any atom is -0.488 e. The summed E-state index contributed by atoms with van der Waals surface area (Å²) in [5.74, 6) is -0.458. The van der Waals surface area contributed by atoms with Crippen LogP contribution in [0.15, 0.2) is 76.8 Å². The van der Waals surface area contributed by atoms with Crippen molar-refractivity contribution in [3.8, 4) is 5.75 Å². The quantitative estimate of drug-likeness (QED) is 0.167. The fraction of sp³-hybridized carbons (Fsp3) is 0.107. The third-order valence-electron chi connectivity index (χ3n) is 5.92. The monoisotopic (exact) mass is 550 g/mol. The van der Waals surface area contributed by atoms with E-state index in [0.29, 0.717) is 21.4 Å². The number of benzene rings is 3. The highest BCUT2D eigenvalue weighted by molar-refractivity contribution is 6.42. The number of nitrogens with zero attached hydrogens (tertiary/aromatic N) is 1. The molecule has 10 heteroatoms. The predicted octanol–water partition coefficient (Wildman–Crippen LogP) is 6.20. The molecule has 0 unspecified atom stereocenters. The molecule has 5 rings (SSSR count). The second-order valence-electron chi connectivity index (χ2n) is 8.37. The molecule has 2 heterocycles. The number of carbonyl (C=O) groups excluding carboxylic acids is 3. The largest absolute Gasteiger partial charge is 0.488 e. The van der Waals surface area contributed by atoms with Crippen molar-refractivity contribution < 1.29 is 28.3 Å². The molecule has 1 N–H and O–H groups in total. The molecule has 1 saturated heterocycles. The first-order valence-corrected chi connectivity index (χ1v) is 12.2. The lowest BCUT2D eigenvalue weighted by Gasteiger charge is -2.13. The number of hydrogen-bond acceptors (Lipinski definition) is 6. The van der Waals surface area contributed by atoms with Gasteiger partial charge in [-0.2, -0.15) is 0 Å². The Kier molecular flexibility index (Phi) is 7.09. The van der Waals surface area contributed by atoms with Crippen LogP contribution < -0.4 is 10.1 Å². The van der Waals surface area contributed by atoms with Crippen LogP contribution in [0.2, 0.25) is 10.0 Å².